The summed E-state index contributed by atoms with van der Waals surface area (Å²) in [5.41, 5.74) is 0.106. The predicted octanol–water partition coefficient (Wildman–Crippen LogP) is 1.22. The third kappa shape index (κ3) is 2.13. The molecule has 0 spiro atoms. The molecule has 1 aliphatic carbocycles. The molecular formula is C13H26N2O. The van der Waals surface area contributed by atoms with Crippen LogP contribution in [0.4, 0.5) is 0 Å². The standard InChI is InChI=1S/C13H26N2O/c1-2-12-5-3-4-6-13(12,11-16)15-9-7-14-8-10-15/h12,14,16H,2-11H2,1H3. The molecule has 16 heavy (non-hydrogen) atoms. The maximum Gasteiger partial charge on any atom is 0.0618 e. The fourth-order valence-electron chi connectivity index (χ4n) is 3.71. The molecule has 2 atom stereocenters. The van der Waals surface area contributed by atoms with Crippen LogP contribution in [0.3, 0.4) is 0 Å². The molecule has 94 valence electrons. The number of hydrogen-bond acceptors (Lipinski definition) is 3. The molecule has 1 aliphatic heterocycles. The molecule has 3 heteroatoms. The van der Waals surface area contributed by atoms with Crippen LogP contribution in [0, 0.1) is 5.92 Å². The smallest absolute Gasteiger partial charge is 0.0618 e. The van der Waals surface area contributed by atoms with Crippen molar-refractivity contribution in [2.75, 3.05) is 32.8 Å². The first-order valence-corrected chi connectivity index (χ1v) is 6.90. The van der Waals surface area contributed by atoms with Crippen molar-refractivity contribution in [1.82, 2.24) is 10.2 Å². The molecule has 2 unspecified atom stereocenters. The Balaban J connectivity index is 2.13. The van der Waals surface area contributed by atoms with E-state index in [9.17, 15) is 5.11 Å². The monoisotopic (exact) mass is 226 g/mol. The Bertz CT molecular complexity index is 216. The zero-order valence-corrected chi connectivity index (χ0v) is 10.5. The maximum atomic E-state index is 9.93. The van der Waals surface area contributed by atoms with Gasteiger partial charge in [-0.15, -0.1) is 0 Å². The molecule has 0 aromatic carbocycles. The topological polar surface area (TPSA) is 35.5 Å². The molecular weight excluding hydrogens is 200 g/mol. The first-order chi connectivity index (χ1) is 7.83. The van der Waals surface area contributed by atoms with Crippen molar-refractivity contribution in [1.29, 1.82) is 0 Å². The van der Waals surface area contributed by atoms with E-state index in [1.807, 2.05) is 0 Å². The molecule has 2 N–H and O–H groups in total. The van der Waals surface area contributed by atoms with Gasteiger partial charge in [0.05, 0.1) is 6.61 Å². The first-order valence-electron chi connectivity index (χ1n) is 6.90. The van der Waals surface area contributed by atoms with Gasteiger partial charge in [0.2, 0.25) is 0 Å². The van der Waals surface area contributed by atoms with Crippen LogP contribution in [0.15, 0.2) is 0 Å². The highest BCUT2D eigenvalue weighted by molar-refractivity contribution is 4.99. The van der Waals surface area contributed by atoms with Gasteiger partial charge >= 0.3 is 0 Å². The summed E-state index contributed by atoms with van der Waals surface area (Å²) in [6.45, 7) is 7.01. The molecule has 0 radical (unpaired) electrons. The van der Waals surface area contributed by atoms with E-state index >= 15 is 0 Å². The number of nitrogens with one attached hydrogen (secondary N) is 1. The number of rotatable bonds is 3. The lowest BCUT2D eigenvalue weighted by Gasteiger charge is -2.52. The Hall–Kier alpha value is -0.120. The van der Waals surface area contributed by atoms with Gasteiger partial charge in [0.25, 0.3) is 0 Å². The summed E-state index contributed by atoms with van der Waals surface area (Å²) in [5.74, 6) is 0.698. The van der Waals surface area contributed by atoms with E-state index in [1.165, 1.54) is 32.1 Å². The van der Waals surface area contributed by atoms with E-state index in [2.05, 4.69) is 17.1 Å². The summed E-state index contributed by atoms with van der Waals surface area (Å²) in [6, 6.07) is 0. The minimum absolute atomic E-state index is 0.106. The lowest BCUT2D eigenvalue weighted by Crippen LogP contribution is -2.62. The molecule has 0 bridgehead atoms. The molecule has 2 fully saturated rings. The minimum Gasteiger partial charge on any atom is -0.394 e. The summed E-state index contributed by atoms with van der Waals surface area (Å²) in [5, 5.41) is 13.3. The number of hydrogen-bond donors (Lipinski definition) is 2. The summed E-state index contributed by atoms with van der Waals surface area (Å²) >= 11 is 0. The van der Waals surface area contributed by atoms with Gasteiger partial charge in [-0.05, 0) is 18.8 Å². The van der Waals surface area contributed by atoms with Gasteiger partial charge in [-0.2, -0.15) is 0 Å². The quantitative estimate of drug-likeness (QED) is 0.759. The van der Waals surface area contributed by atoms with E-state index < -0.39 is 0 Å². The highest BCUT2D eigenvalue weighted by Crippen LogP contribution is 2.40. The van der Waals surface area contributed by atoms with Crippen LogP contribution in [0.2, 0.25) is 0 Å². The van der Waals surface area contributed by atoms with E-state index in [-0.39, 0.29) is 5.54 Å². The molecule has 1 saturated heterocycles. The Labute approximate surface area is 99.2 Å². The lowest BCUT2D eigenvalue weighted by molar-refractivity contribution is -0.0484. The molecule has 2 rings (SSSR count). The fourth-order valence-corrected chi connectivity index (χ4v) is 3.71. The van der Waals surface area contributed by atoms with Gasteiger partial charge in [-0.3, -0.25) is 4.90 Å². The Morgan fingerprint density at radius 1 is 1.31 bits per heavy atom. The zero-order chi connectivity index (χ0) is 11.4. The third-order valence-corrected chi connectivity index (χ3v) is 4.69. The normalized spacial score (nSPS) is 37.5. The second-order valence-electron chi connectivity index (χ2n) is 5.35. The highest BCUT2D eigenvalue weighted by Gasteiger charge is 2.44. The van der Waals surface area contributed by atoms with Gasteiger partial charge in [0.1, 0.15) is 0 Å². The minimum atomic E-state index is 0.106. The molecule has 1 heterocycles. The molecule has 0 amide bonds. The van der Waals surface area contributed by atoms with Crippen molar-refractivity contribution in [3.8, 4) is 0 Å². The van der Waals surface area contributed by atoms with Crippen LogP contribution >= 0.6 is 0 Å². The Kier molecular flexibility index (Phi) is 4.22. The summed E-state index contributed by atoms with van der Waals surface area (Å²) < 4.78 is 0. The molecule has 1 saturated carbocycles. The van der Waals surface area contributed by atoms with Crippen LogP contribution < -0.4 is 5.32 Å². The second-order valence-corrected chi connectivity index (χ2v) is 5.35. The van der Waals surface area contributed by atoms with Crippen molar-refractivity contribution in [3.05, 3.63) is 0 Å². The molecule has 3 nitrogen and oxygen atoms in total. The highest BCUT2D eigenvalue weighted by atomic mass is 16.3. The molecule has 0 aromatic heterocycles. The van der Waals surface area contributed by atoms with Gasteiger partial charge in [-0.25, -0.2) is 0 Å². The number of aliphatic hydroxyl groups is 1. The average Bonchev–Trinajstić information content (AvgIpc) is 2.39. The fraction of sp³-hybridized carbons (Fsp3) is 1.00. The van der Waals surface area contributed by atoms with Crippen LogP contribution in [0.25, 0.3) is 0 Å². The van der Waals surface area contributed by atoms with Crippen molar-refractivity contribution in [2.45, 2.75) is 44.6 Å². The summed E-state index contributed by atoms with van der Waals surface area (Å²) in [7, 11) is 0. The first kappa shape index (κ1) is 12.3. The van der Waals surface area contributed by atoms with Crippen LogP contribution in [0.5, 0.6) is 0 Å². The van der Waals surface area contributed by atoms with Crippen LogP contribution in [0.1, 0.15) is 39.0 Å². The SMILES string of the molecule is CCC1CCCCC1(CO)N1CCNCC1. The van der Waals surface area contributed by atoms with Crippen molar-refractivity contribution < 1.29 is 5.11 Å². The van der Waals surface area contributed by atoms with Gasteiger partial charge in [-0.1, -0.05) is 26.2 Å². The lowest BCUT2D eigenvalue weighted by atomic mass is 9.70. The largest absolute Gasteiger partial charge is 0.394 e. The number of piperazine rings is 1. The molecule has 0 aromatic rings. The van der Waals surface area contributed by atoms with E-state index in [1.54, 1.807) is 0 Å². The van der Waals surface area contributed by atoms with Crippen molar-refractivity contribution >= 4 is 0 Å². The van der Waals surface area contributed by atoms with E-state index in [0.717, 1.165) is 26.2 Å². The van der Waals surface area contributed by atoms with Crippen LogP contribution in [-0.4, -0.2) is 48.3 Å². The van der Waals surface area contributed by atoms with Crippen molar-refractivity contribution in [3.63, 3.8) is 0 Å². The third-order valence-electron chi connectivity index (χ3n) is 4.69. The zero-order valence-electron chi connectivity index (χ0n) is 10.5. The predicted molar refractivity (Wildman–Crippen MR) is 66.5 cm³/mol. The van der Waals surface area contributed by atoms with Gasteiger partial charge in [0, 0.05) is 31.7 Å². The summed E-state index contributed by atoms with van der Waals surface area (Å²) in [6.07, 6.45) is 6.36. The van der Waals surface area contributed by atoms with Crippen LogP contribution in [-0.2, 0) is 0 Å². The second kappa shape index (κ2) is 5.48. The average molecular weight is 226 g/mol. The van der Waals surface area contributed by atoms with Gasteiger partial charge < -0.3 is 10.4 Å². The van der Waals surface area contributed by atoms with E-state index in [4.69, 9.17) is 0 Å². The molecule has 2 aliphatic rings. The van der Waals surface area contributed by atoms with Gasteiger partial charge in [0.15, 0.2) is 0 Å². The van der Waals surface area contributed by atoms with Crippen molar-refractivity contribution in [2.24, 2.45) is 5.92 Å². The maximum absolute atomic E-state index is 9.93. The Morgan fingerprint density at radius 3 is 2.69 bits per heavy atom. The number of aliphatic hydroxyl groups excluding tert-OH is 1. The van der Waals surface area contributed by atoms with E-state index in [0.29, 0.717) is 12.5 Å². The Morgan fingerprint density at radius 2 is 2.06 bits per heavy atom. The summed E-state index contributed by atoms with van der Waals surface area (Å²) in [4.78, 5) is 2.57. The number of nitrogens with zero attached hydrogens (tertiary/aromatic N) is 1.